The third kappa shape index (κ3) is 6.39. The summed E-state index contributed by atoms with van der Waals surface area (Å²) in [6.45, 7) is 5.68. The number of primary amides is 1. The number of fused-ring (bicyclic) bond motifs is 1. The summed E-state index contributed by atoms with van der Waals surface area (Å²) in [5.74, 6) is -1.27. The smallest absolute Gasteiger partial charge is 0.408 e. The predicted octanol–water partition coefficient (Wildman–Crippen LogP) is 1.99. The normalized spacial score (nSPS) is 22.9. The molecule has 2 aliphatic rings. The number of nitrogens with one attached hydrogen (secondary N) is 2. The van der Waals surface area contributed by atoms with Crippen molar-refractivity contribution in [2.24, 2.45) is 11.7 Å². The van der Waals surface area contributed by atoms with Gasteiger partial charge in [0, 0.05) is 24.3 Å². The summed E-state index contributed by atoms with van der Waals surface area (Å²) in [6.07, 6.45) is 6.49. The van der Waals surface area contributed by atoms with Crippen LogP contribution in [0, 0.1) is 5.92 Å². The minimum atomic E-state index is -0.843. The second-order valence-corrected chi connectivity index (χ2v) is 10.9. The van der Waals surface area contributed by atoms with E-state index in [0.717, 1.165) is 5.52 Å². The van der Waals surface area contributed by atoms with Crippen LogP contribution >= 0.6 is 0 Å². The molecule has 200 valence electrons. The number of aromatic nitrogens is 2. The number of likely N-dealkylation sites (tertiary alicyclic amines) is 1. The molecule has 2 fully saturated rings. The van der Waals surface area contributed by atoms with E-state index in [1.807, 2.05) is 22.7 Å². The van der Waals surface area contributed by atoms with Crippen LogP contribution in [-0.2, 0) is 14.3 Å². The van der Waals surface area contributed by atoms with Gasteiger partial charge in [-0.1, -0.05) is 0 Å². The molecule has 4 N–H and O–H groups in total. The highest BCUT2D eigenvalue weighted by molar-refractivity contribution is 5.93. The zero-order valence-corrected chi connectivity index (χ0v) is 21.6. The van der Waals surface area contributed by atoms with Crippen LogP contribution in [0.5, 0.6) is 0 Å². The van der Waals surface area contributed by atoms with Crippen molar-refractivity contribution < 1.29 is 23.9 Å². The maximum Gasteiger partial charge on any atom is 0.408 e. The van der Waals surface area contributed by atoms with E-state index in [1.54, 1.807) is 33.2 Å². The van der Waals surface area contributed by atoms with Crippen LogP contribution in [-0.4, -0.2) is 68.4 Å². The van der Waals surface area contributed by atoms with E-state index in [1.165, 1.54) is 4.90 Å². The summed E-state index contributed by atoms with van der Waals surface area (Å²) in [4.78, 5) is 56.6. The number of nitrogens with zero attached hydrogens (tertiary/aromatic N) is 3. The first-order chi connectivity index (χ1) is 17.5. The summed E-state index contributed by atoms with van der Waals surface area (Å²) in [5, 5.41) is 5.82. The minimum Gasteiger partial charge on any atom is -0.444 e. The maximum atomic E-state index is 13.6. The largest absolute Gasteiger partial charge is 0.444 e. The Bertz CT molecular complexity index is 1160. The molecule has 0 radical (unpaired) electrons. The Morgan fingerprint density at radius 1 is 1.14 bits per heavy atom. The van der Waals surface area contributed by atoms with Gasteiger partial charge in [0.15, 0.2) is 0 Å². The van der Waals surface area contributed by atoms with E-state index in [-0.39, 0.29) is 23.8 Å². The molecular formula is C26H36N6O5. The van der Waals surface area contributed by atoms with E-state index in [4.69, 9.17) is 10.5 Å². The van der Waals surface area contributed by atoms with Crippen LogP contribution in [0.2, 0.25) is 0 Å². The first kappa shape index (κ1) is 26.4. The van der Waals surface area contributed by atoms with Gasteiger partial charge >= 0.3 is 6.09 Å². The molecule has 1 aliphatic heterocycles. The topological polar surface area (TPSA) is 148 Å². The van der Waals surface area contributed by atoms with Crippen molar-refractivity contribution in [1.29, 1.82) is 0 Å². The fraction of sp³-hybridized carbons (Fsp3) is 0.577. The number of carbonyl (C=O) groups excluding carboxylic acids is 4. The Hall–Kier alpha value is -3.63. The Labute approximate surface area is 216 Å². The highest BCUT2D eigenvalue weighted by Gasteiger charge is 2.41. The lowest BCUT2D eigenvalue weighted by molar-refractivity contribution is -0.140. The quantitative estimate of drug-likeness (QED) is 0.539. The van der Waals surface area contributed by atoms with Crippen molar-refractivity contribution in [2.75, 3.05) is 6.54 Å². The number of hydrogen-bond acceptors (Lipinski definition) is 6. The molecule has 1 saturated heterocycles. The molecule has 1 saturated carbocycles. The maximum absolute atomic E-state index is 13.6. The molecular weight excluding hydrogens is 476 g/mol. The van der Waals surface area contributed by atoms with Gasteiger partial charge in [-0.05, 0) is 83.4 Å². The molecule has 0 bridgehead atoms. The summed E-state index contributed by atoms with van der Waals surface area (Å²) >= 11 is 0. The summed E-state index contributed by atoms with van der Waals surface area (Å²) in [7, 11) is 0. The number of hydrogen-bond donors (Lipinski definition) is 3. The van der Waals surface area contributed by atoms with Gasteiger partial charge in [0.25, 0.3) is 5.91 Å². The third-order valence-electron chi connectivity index (χ3n) is 7.03. The van der Waals surface area contributed by atoms with Crippen molar-refractivity contribution in [3.63, 3.8) is 0 Å². The Morgan fingerprint density at radius 2 is 1.86 bits per heavy atom. The molecule has 2 aromatic rings. The van der Waals surface area contributed by atoms with Crippen LogP contribution in [0.4, 0.5) is 4.79 Å². The fourth-order valence-electron chi connectivity index (χ4n) is 5.24. The third-order valence-corrected chi connectivity index (χ3v) is 7.03. The van der Waals surface area contributed by atoms with Crippen molar-refractivity contribution in [3.05, 3.63) is 36.4 Å². The molecule has 4 rings (SSSR count). The lowest BCUT2D eigenvalue weighted by Crippen LogP contribution is -2.56. The number of alkyl carbamates (subject to hydrolysis) is 1. The first-order valence-corrected chi connectivity index (χ1v) is 12.8. The van der Waals surface area contributed by atoms with Gasteiger partial charge in [-0.2, -0.15) is 0 Å². The second-order valence-electron chi connectivity index (χ2n) is 10.9. The molecule has 3 heterocycles. The summed E-state index contributed by atoms with van der Waals surface area (Å²) < 4.78 is 7.25. The molecule has 1 aliphatic carbocycles. The van der Waals surface area contributed by atoms with Crippen LogP contribution in [0.1, 0.15) is 69.8 Å². The van der Waals surface area contributed by atoms with E-state index in [0.29, 0.717) is 50.8 Å². The Morgan fingerprint density at radius 3 is 2.54 bits per heavy atom. The number of amides is 4. The number of carbonyl (C=O) groups is 4. The molecule has 2 aromatic heterocycles. The predicted molar refractivity (Wildman–Crippen MR) is 135 cm³/mol. The van der Waals surface area contributed by atoms with E-state index >= 15 is 0 Å². The SMILES string of the molecule is CC(C)(C)OC(=O)N[C@H](C(=O)N1CCCC1C(N)=O)C1CCC(NC(=O)c2cc3cccn3cn2)CC1. The minimum absolute atomic E-state index is 0.0732. The molecule has 1 unspecified atom stereocenters. The van der Waals surface area contributed by atoms with Crippen molar-refractivity contribution in [2.45, 2.75) is 83.0 Å². The first-order valence-electron chi connectivity index (χ1n) is 12.8. The van der Waals surface area contributed by atoms with Gasteiger partial charge in [0.05, 0.1) is 6.33 Å². The number of ether oxygens (including phenoxy) is 1. The van der Waals surface area contributed by atoms with Gasteiger partial charge in [-0.15, -0.1) is 0 Å². The Kier molecular flexibility index (Phi) is 7.70. The lowest BCUT2D eigenvalue weighted by Gasteiger charge is -2.36. The van der Waals surface area contributed by atoms with Crippen LogP contribution in [0.25, 0.3) is 5.52 Å². The van der Waals surface area contributed by atoms with E-state index in [9.17, 15) is 19.2 Å². The standard InChI is InChI=1S/C26H36N6O5/c1-26(2,3)37-25(36)30-21(24(35)32-13-5-7-20(32)22(27)33)16-8-10-17(11-9-16)29-23(34)19-14-18-6-4-12-31(18)15-28-19/h4,6,12,14-17,20-21H,5,7-11,13H2,1-3H3,(H2,27,33)(H,29,34)(H,30,36)/t16?,17?,20?,21-/m0/s1. The molecule has 0 aromatic carbocycles. The van der Waals surface area contributed by atoms with Gasteiger partial charge in [-0.3, -0.25) is 14.4 Å². The Balaban J connectivity index is 1.41. The molecule has 37 heavy (non-hydrogen) atoms. The van der Waals surface area contributed by atoms with Crippen molar-refractivity contribution in [1.82, 2.24) is 24.9 Å². The van der Waals surface area contributed by atoms with Crippen molar-refractivity contribution in [3.8, 4) is 0 Å². The van der Waals surface area contributed by atoms with Gasteiger partial charge < -0.3 is 30.4 Å². The highest BCUT2D eigenvalue weighted by Crippen LogP contribution is 2.30. The van der Waals surface area contributed by atoms with Crippen LogP contribution in [0.15, 0.2) is 30.7 Å². The van der Waals surface area contributed by atoms with E-state index in [2.05, 4.69) is 15.6 Å². The number of nitrogens with two attached hydrogens (primary N) is 1. The fourth-order valence-corrected chi connectivity index (χ4v) is 5.24. The summed E-state index contributed by atoms with van der Waals surface area (Å²) in [5.41, 5.74) is 6.04. The molecule has 11 nitrogen and oxygen atoms in total. The molecule has 0 spiro atoms. The van der Waals surface area contributed by atoms with E-state index < -0.39 is 29.7 Å². The lowest BCUT2D eigenvalue weighted by atomic mass is 9.81. The van der Waals surface area contributed by atoms with Crippen molar-refractivity contribution >= 4 is 29.3 Å². The number of rotatable bonds is 6. The zero-order chi connectivity index (χ0) is 26.7. The molecule has 4 amide bonds. The second kappa shape index (κ2) is 10.8. The van der Waals surface area contributed by atoms with Crippen LogP contribution in [0.3, 0.4) is 0 Å². The highest BCUT2D eigenvalue weighted by atomic mass is 16.6. The van der Waals surface area contributed by atoms with Gasteiger partial charge in [0.2, 0.25) is 11.8 Å². The average Bonchev–Trinajstić information content (AvgIpc) is 3.51. The monoisotopic (exact) mass is 512 g/mol. The van der Waals surface area contributed by atoms with Crippen LogP contribution < -0.4 is 16.4 Å². The van der Waals surface area contributed by atoms with Gasteiger partial charge in [0.1, 0.15) is 23.4 Å². The summed E-state index contributed by atoms with van der Waals surface area (Å²) in [6, 6.07) is 3.95. The molecule has 11 heteroatoms. The molecule has 2 atom stereocenters. The van der Waals surface area contributed by atoms with Gasteiger partial charge in [-0.25, -0.2) is 9.78 Å². The average molecular weight is 513 g/mol. The zero-order valence-electron chi connectivity index (χ0n) is 21.6.